The summed E-state index contributed by atoms with van der Waals surface area (Å²) in [6, 6.07) is -3.09. The summed E-state index contributed by atoms with van der Waals surface area (Å²) in [4.78, 5) is 71.6. The van der Waals surface area contributed by atoms with Gasteiger partial charge < -0.3 is 77.9 Å². The van der Waals surface area contributed by atoms with Gasteiger partial charge >= 0.3 is 6.03 Å². The van der Waals surface area contributed by atoms with E-state index in [9.17, 15) is 28.8 Å². The van der Waals surface area contributed by atoms with Crippen molar-refractivity contribution in [3.05, 3.63) is 0 Å². The monoisotopic (exact) mass is 808 g/mol. The first-order valence-corrected chi connectivity index (χ1v) is 19.3. The highest BCUT2D eigenvalue weighted by Crippen LogP contribution is 2.05. The van der Waals surface area contributed by atoms with Gasteiger partial charge in [0.05, 0.1) is 85.3 Å². The van der Waals surface area contributed by atoms with E-state index in [2.05, 4.69) is 26.6 Å². The van der Waals surface area contributed by atoms with Crippen LogP contribution in [0.15, 0.2) is 0 Å². The van der Waals surface area contributed by atoms with Crippen LogP contribution in [0, 0.1) is 5.92 Å². The second-order valence-electron chi connectivity index (χ2n) is 12.9. The highest BCUT2D eigenvalue weighted by molar-refractivity contribution is 5.91. The smallest absolute Gasteiger partial charge is 0.312 e. The SMILES string of the molecule is CC(C)C(NC(=O)CCOCCOCCOCCNC(=O)CCOCCOCCOCCNC(=O)C(N)CCCCN)C(=O)NC(CCCNC(N)=O)C(N)=O. The number of carbonyl (C=O) groups excluding carboxylic acids is 6. The van der Waals surface area contributed by atoms with Crippen molar-refractivity contribution in [2.75, 3.05) is 105 Å². The molecule has 0 fully saturated rings. The van der Waals surface area contributed by atoms with Gasteiger partial charge in [-0.2, -0.15) is 0 Å². The standard InChI is InChI=1S/C35H69N9O12/c1-26(2)31(34(49)43-28(32(38)47)7-5-11-42-35(39)50)44-30(46)9-15-52-19-23-56-24-20-53-16-12-40-29(45)8-14-51-18-22-55-25-21-54-17-13-41-33(48)27(37)6-3-4-10-36/h26-28,31H,3-25,36-37H2,1-2H3,(H2,38,47)(H,40,45)(H,41,48)(H,43,49)(H,44,46)(H3,39,42,50). The summed E-state index contributed by atoms with van der Waals surface area (Å²) >= 11 is 0. The van der Waals surface area contributed by atoms with E-state index in [1.54, 1.807) is 13.8 Å². The number of amides is 7. The van der Waals surface area contributed by atoms with Gasteiger partial charge in [0, 0.05) is 32.5 Å². The fourth-order valence-corrected chi connectivity index (χ4v) is 4.63. The van der Waals surface area contributed by atoms with Crippen molar-refractivity contribution in [2.24, 2.45) is 28.9 Å². The lowest BCUT2D eigenvalue weighted by Gasteiger charge is -2.24. The van der Waals surface area contributed by atoms with Gasteiger partial charge in [-0.3, -0.25) is 24.0 Å². The molecular formula is C35H69N9O12. The lowest BCUT2D eigenvalue weighted by Crippen LogP contribution is -2.54. The molecule has 0 aromatic heterocycles. The van der Waals surface area contributed by atoms with Gasteiger partial charge in [0.15, 0.2) is 0 Å². The number of nitrogens with two attached hydrogens (primary N) is 4. The Labute approximate surface area is 330 Å². The summed E-state index contributed by atoms with van der Waals surface area (Å²) in [5.74, 6) is -2.30. The Balaban J connectivity index is 3.71. The van der Waals surface area contributed by atoms with E-state index in [1.807, 2.05) is 0 Å². The Morgan fingerprint density at radius 1 is 0.536 bits per heavy atom. The number of urea groups is 1. The third-order valence-corrected chi connectivity index (χ3v) is 7.75. The van der Waals surface area contributed by atoms with Crippen LogP contribution in [0.25, 0.3) is 0 Å². The van der Waals surface area contributed by atoms with E-state index >= 15 is 0 Å². The molecule has 0 bridgehead atoms. The third-order valence-electron chi connectivity index (χ3n) is 7.75. The average Bonchev–Trinajstić information content (AvgIpc) is 3.15. The van der Waals surface area contributed by atoms with Crippen LogP contribution >= 0.6 is 0 Å². The van der Waals surface area contributed by atoms with Gasteiger partial charge in [0.2, 0.25) is 29.5 Å². The van der Waals surface area contributed by atoms with E-state index in [4.69, 9.17) is 51.4 Å². The van der Waals surface area contributed by atoms with Crippen molar-refractivity contribution in [1.82, 2.24) is 26.6 Å². The van der Waals surface area contributed by atoms with Crippen LogP contribution in [0.4, 0.5) is 4.79 Å². The van der Waals surface area contributed by atoms with Crippen molar-refractivity contribution in [1.29, 1.82) is 0 Å². The number of primary amides is 2. The topological polar surface area (TPSA) is 322 Å². The number of rotatable bonds is 38. The molecule has 0 spiro atoms. The molecule has 21 heteroatoms. The molecule has 0 aliphatic heterocycles. The molecule has 3 atom stereocenters. The predicted octanol–water partition coefficient (Wildman–Crippen LogP) is -2.89. The number of hydrogen-bond donors (Lipinski definition) is 9. The molecule has 3 unspecified atom stereocenters. The maximum atomic E-state index is 12.8. The van der Waals surface area contributed by atoms with Crippen LogP contribution < -0.4 is 49.5 Å². The van der Waals surface area contributed by atoms with Crippen LogP contribution in [0.1, 0.15) is 58.8 Å². The second kappa shape index (κ2) is 35.7. The summed E-state index contributed by atoms with van der Waals surface area (Å²) in [5.41, 5.74) is 21.7. The second-order valence-corrected chi connectivity index (χ2v) is 12.9. The summed E-state index contributed by atoms with van der Waals surface area (Å²) in [6.07, 6.45) is 3.05. The largest absolute Gasteiger partial charge is 0.379 e. The molecule has 13 N–H and O–H groups in total. The van der Waals surface area contributed by atoms with Gasteiger partial charge in [-0.1, -0.05) is 20.3 Å². The average molecular weight is 808 g/mol. The Kier molecular flexibility index (Phi) is 33.3. The van der Waals surface area contributed by atoms with E-state index in [0.29, 0.717) is 85.3 Å². The minimum Gasteiger partial charge on any atom is -0.379 e. The van der Waals surface area contributed by atoms with Crippen LogP contribution in [0.5, 0.6) is 0 Å². The number of nitrogens with one attached hydrogen (secondary N) is 5. The van der Waals surface area contributed by atoms with E-state index < -0.39 is 41.9 Å². The van der Waals surface area contributed by atoms with Gasteiger partial charge in [0.25, 0.3) is 0 Å². The third kappa shape index (κ3) is 31.5. The molecule has 7 amide bonds. The number of hydrogen-bond acceptors (Lipinski definition) is 14. The lowest BCUT2D eigenvalue weighted by molar-refractivity contribution is -0.132. The van der Waals surface area contributed by atoms with Crippen molar-refractivity contribution in [3.8, 4) is 0 Å². The normalized spacial score (nSPS) is 12.7. The number of carbonyl (C=O) groups is 6. The Hall–Kier alpha value is -3.70. The number of unbranched alkanes of at least 4 members (excludes halogenated alkanes) is 1. The molecule has 0 aromatic carbocycles. The lowest BCUT2D eigenvalue weighted by atomic mass is 10.0. The van der Waals surface area contributed by atoms with Crippen molar-refractivity contribution < 1.29 is 57.2 Å². The molecule has 0 saturated carbocycles. The van der Waals surface area contributed by atoms with Crippen molar-refractivity contribution >= 4 is 35.6 Å². The van der Waals surface area contributed by atoms with Gasteiger partial charge in [0.1, 0.15) is 12.1 Å². The zero-order valence-electron chi connectivity index (χ0n) is 33.3. The quantitative estimate of drug-likeness (QED) is 0.0283. The molecule has 21 nitrogen and oxygen atoms in total. The van der Waals surface area contributed by atoms with Gasteiger partial charge in [-0.15, -0.1) is 0 Å². The van der Waals surface area contributed by atoms with E-state index in [-0.39, 0.29) is 70.0 Å². The maximum absolute atomic E-state index is 12.8. The van der Waals surface area contributed by atoms with Gasteiger partial charge in [-0.25, -0.2) is 4.79 Å². The summed E-state index contributed by atoms with van der Waals surface area (Å²) < 4.78 is 32.6. The highest BCUT2D eigenvalue weighted by atomic mass is 16.5. The Morgan fingerprint density at radius 2 is 1.04 bits per heavy atom. The first-order chi connectivity index (χ1) is 26.9. The van der Waals surface area contributed by atoms with Crippen molar-refractivity contribution in [2.45, 2.75) is 76.9 Å². The molecule has 0 saturated heterocycles. The van der Waals surface area contributed by atoms with Crippen LogP contribution in [0.2, 0.25) is 0 Å². The van der Waals surface area contributed by atoms with Crippen LogP contribution in [-0.2, 0) is 52.4 Å². The summed E-state index contributed by atoms with van der Waals surface area (Å²) in [7, 11) is 0. The first-order valence-electron chi connectivity index (χ1n) is 19.3. The molecule has 56 heavy (non-hydrogen) atoms. The maximum Gasteiger partial charge on any atom is 0.312 e. The fraction of sp³-hybridized carbons (Fsp3) is 0.829. The molecule has 0 aromatic rings. The van der Waals surface area contributed by atoms with E-state index in [1.165, 1.54) is 0 Å². The van der Waals surface area contributed by atoms with Gasteiger partial charge in [-0.05, 0) is 38.1 Å². The first kappa shape index (κ1) is 52.3. The zero-order chi connectivity index (χ0) is 41.8. The zero-order valence-corrected chi connectivity index (χ0v) is 33.3. The fourth-order valence-electron chi connectivity index (χ4n) is 4.63. The molecular weight excluding hydrogens is 738 g/mol. The predicted molar refractivity (Wildman–Crippen MR) is 206 cm³/mol. The minimum absolute atomic E-state index is 0.0127. The molecule has 0 radical (unpaired) electrons. The van der Waals surface area contributed by atoms with Crippen molar-refractivity contribution in [3.63, 3.8) is 0 Å². The molecule has 0 aliphatic rings. The Bertz CT molecular complexity index is 1090. The highest BCUT2D eigenvalue weighted by Gasteiger charge is 2.27. The minimum atomic E-state index is -0.971. The molecule has 0 aliphatic carbocycles. The summed E-state index contributed by atoms with van der Waals surface area (Å²) in [6.45, 7) is 8.74. The molecule has 0 rings (SSSR count). The Morgan fingerprint density at radius 3 is 1.54 bits per heavy atom. The molecule has 0 heterocycles. The molecule has 326 valence electrons. The summed E-state index contributed by atoms with van der Waals surface area (Å²) in [5, 5.41) is 13.1. The van der Waals surface area contributed by atoms with Crippen LogP contribution in [0.3, 0.4) is 0 Å². The van der Waals surface area contributed by atoms with Crippen LogP contribution in [-0.4, -0.2) is 159 Å². The number of ether oxygens (including phenoxy) is 6. The van der Waals surface area contributed by atoms with E-state index in [0.717, 1.165) is 12.8 Å².